The standard InChI is InChI=1S/C25H18F7N5O2/c1-12-15(16-7-2-3-8-17(16)33-12)9-10-37-20-18(21(38)35-22(37)39)23(24(27,28)29,25(30,31)32)36-19(34-20)13-5-4-6-14(26)11-13/h2-8,11,33H,9-10H2,1H3,(H,34,36)(H,35,38,39). The van der Waals surface area contributed by atoms with Crippen molar-refractivity contribution >= 4 is 22.6 Å². The maximum absolute atomic E-state index is 14.4. The van der Waals surface area contributed by atoms with Gasteiger partial charge in [-0.3, -0.25) is 14.3 Å². The lowest BCUT2D eigenvalue weighted by Crippen LogP contribution is -2.59. The van der Waals surface area contributed by atoms with E-state index in [1.165, 1.54) is 0 Å². The third kappa shape index (κ3) is 4.10. The van der Waals surface area contributed by atoms with Crippen molar-refractivity contribution in [1.82, 2.24) is 14.5 Å². The number of alkyl halides is 6. The summed E-state index contributed by atoms with van der Waals surface area (Å²) in [5.74, 6) is -3.01. The molecule has 0 fully saturated rings. The number of nitrogens with zero attached hydrogens (tertiary/aromatic N) is 2. The van der Waals surface area contributed by atoms with Crippen molar-refractivity contribution < 1.29 is 30.7 Å². The number of hydrogen-bond donors (Lipinski definition) is 3. The van der Waals surface area contributed by atoms with Crippen LogP contribution in [0.4, 0.5) is 36.6 Å². The fourth-order valence-corrected chi connectivity index (χ4v) is 4.84. The highest BCUT2D eigenvalue weighted by Gasteiger charge is 2.75. The second-order valence-electron chi connectivity index (χ2n) is 8.96. The molecule has 0 aliphatic carbocycles. The highest BCUT2D eigenvalue weighted by molar-refractivity contribution is 6.09. The van der Waals surface area contributed by atoms with Crippen LogP contribution in [-0.2, 0) is 18.5 Å². The number of halogens is 7. The van der Waals surface area contributed by atoms with Gasteiger partial charge in [-0.25, -0.2) is 14.2 Å². The van der Waals surface area contributed by atoms with Gasteiger partial charge in [0, 0.05) is 28.7 Å². The van der Waals surface area contributed by atoms with E-state index in [-0.39, 0.29) is 6.42 Å². The minimum atomic E-state index is -6.16. The van der Waals surface area contributed by atoms with E-state index in [0.29, 0.717) is 21.9 Å². The lowest BCUT2D eigenvalue weighted by molar-refractivity contribution is -0.301. The summed E-state index contributed by atoms with van der Waals surface area (Å²) in [7, 11) is 0. The van der Waals surface area contributed by atoms with Gasteiger partial charge in [-0.15, -0.1) is 0 Å². The number of aromatic amines is 2. The smallest absolute Gasteiger partial charge is 0.358 e. The van der Waals surface area contributed by atoms with Gasteiger partial charge >= 0.3 is 18.0 Å². The Kier molecular flexibility index (Phi) is 5.96. The molecule has 1 aliphatic heterocycles. The van der Waals surface area contributed by atoms with Gasteiger partial charge in [-0.1, -0.05) is 30.3 Å². The van der Waals surface area contributed by atoms with Crippen molar-refractivity contribution in [3.05, 3.63) is 97.6 Å². The largest absolute Gasteiger partial charge is 0.427 e. The van der Waals surface area contributed by atoms with E-state index in [2.05, 4.69) is 15.3 Å². The number of hydrogen-bond acceptors (Lipinski definition) is 4. The molecule has 5 rings (SSSR count). The second-order valence-corrected chi connectivity index (χ2v) is 8.96. The number of aliphatic imine (C=N–C) groups is 1. The number of rotatable bonds is 4. The molecule has 0 amide bonds. The van der Waals surface area contributed by atoms with Crippen molar-refractivity contribution in [2.24, 2.45) is 4.99 Å². The summed E-state index contributed by atoms with van der Waals surface area (Å²) in [5, 5.41) is 3.04. The fourth-order valence-electron chi connectivity index (χ4n) is 4.84. The lowest BCUT2D eigenvalue weighted by Gasteiger charge is -2.38. The van der Waals surface area contributed by atoms with Gasteiger partial charge in [-0.05, 0) is 37.1 Å². The number of benzene rings is 2. The highest BCUT2D eigenvalue weighted by Crippen LogP contribution is 2.55. The van der Waals surface area contributed by atoms with Gasteiger partial charge in [-0.2, -0.15) is 26.3 Å². The summed E-state index contributed by atoms with van der Waals surface area (Å²) in [6, 6.07) is 10.8. The molecular weight excluding hydrogens is 535 g/mol. The summed E-state index contributed by atoms with van der Waals surface area (Å²) in [6.07, 6.45) is -12.3. The number of anilines is 1. The maximum atomic E-state index is 14.4. The number of amidine groups is 1. The van der Waals surface area contributed by atoms with E-state index in [4.69, 9.17) is 0 Å². The summed E-state index contributed by atoms with van der Waals surface area (Å²) in [6.45, 7) is 1.32. The average molecular weight is 553 g/mol. The predicted octanol–water partition coefficient (Wildman–Crippen LogP) is 4.90. The second kappa shape index (κ2) is 8.85. The molecule has 7 nitrogen and oxygen atoms in total. The average Bonchev–Trinajstić information content (AvgIpc) is 3.16. The van der Waals surface area contributed by atoms with Crippen molar-refractivity contribution in [2.45, 2.75) is 37.8 Å². The van der Waals surface area contributed by atoms with E-state index in [9.17, 15) is 40.3 Å². The first-order valence-electron chi connectivity index (χ1n) is 11.4. The highest BCUT2D eigenvalue weighted by atomic mass is 19.4. The lowest BCUT2D eigenvalue weighted by atomic mass is 9.87. The summed E-state index contributed by atoms with van der Waals surface area (Å²) >= 11 is 0. The molecular formula is C25H18F7N5O2. The van der Waals surface area contributed by atoms with Gasteiger partial charge < -0.3 is 10.3 Å². The van der Waals surface area contributed by atoms with E-state index in [0.717, 1.165) is 29.1 Å². The Morgan fingerprint density at radius 2 is 1.64 bits per heavy atom. The Hall–Kier alpha value is -4.36. The predicted molar refractivity (Wildman–Crippen MR) is 128 cm³/mol. The number of aryl methyl sites for hydroxylation is 2. The number of para-hydroxylation sites is 1. The molecule has 3 heterocycles. The van der Waals surface area contributed by atoms with Crippen LogP contribution >= 0.6 is 0 Å². The number of fused-ring (bicyclic) bond motifs is 2. The van der Waals surface area contributed by atoms with Crippen LogP contribution < -0.4 is 16.6 Å². The molecule has 39 heavy (non-hydrogen) atoms. The molecule has 2 aromatic heterocycles. The van der Waals surface area contributed by atoms with E-state index >= 15 is 0 Å². The van der Waals surface area contributed by atoms with Gasteiger partial charge in [0.05, 0.1) is 0 Å². The molecule has 1 aliphatic rings. The zero-order chi connectivity index (χ0) is 28.3. The molecule has 0 saturated carbocycles. The van der Waals surface area contributed by atoms with Crippen molar-refractivity contribution in [3.63, 3.8) is 0 Å². The molecule has 0 saturated heterocycles. The Balaban J connectivity index is 1.75. The van der Waals surface area contributed by atoms with Gasteiger partial charge in [0.1, 0.15) is 23.0 Å². The number of H-pyrrole nitrogens is 2. The zero-order valence-corrected chi connectivity index (χ0v) is 19.9. The molecule has 0 radical (unpaired) electrons. The molecule has 0 spiro atoms. The third-order valence-electron chi connectivity index (χ3n) is 6.61. The SMILES string of the molecule is Cc1[nH]c2ccccc2c1CCn1c2c(c(=O)[nH]c1=O)C(C(F)(F)F)(C(F)(F)F)N=C(c1cccc(F)c1)N2. The molecule has 4 aromatic rings. The molecule has 0 bridgehead atoms. The van der Waals surface area contributed by atoms with Gasteiger partial charge in [0.15, 0.2) is 0 Å². The van der Waals surface area contributed by atoms with Crippen LogP contribution in [-0.4, -0.2) is 32.7 Å². The maximum Gasteiger partial charge on any atom is 0.427 e. The van der Waals surface area contributed by atoms with E-state index in [1.54, 1.807) is 36.2 Å². The van der Waals surface area contributed by atoms with Crippen LogP contribution in [0.25, 0.3) is 10.9 Å². The molecule has 0 atom stereocenters. The quantitative estimate of drug-likeness (QED) is 0.314. The van der Waals surface area contributed by atoms with Crippen molar-refractivity contribution in [2.75, 3.05) is 5.32 Å². The Morgan fingerprint density at radius 1 is 0.949 bits per heavy atom. The topological polar surface area (TPSA) is 95.0 Å². The van der Waals surface area contributed by atoms with Crippen LogP contribution in [0.3, 0.4) is 0 Å². The Labute approximate surface area is 214 Å². The van der Waals surface area contributed by atoms with E-state index < -0.39 is 64.3 Å². The molecule has 0 unspecified atom stereocenters. The van der Waals surface area contributed by atoms with E-state index in [1.807, 2.05) is 0 Å². The van der Waals surface area contributed by atoms with Crippen LogP contribution in [0.15, 0.2) is 63.1 Å². The van der Waals surface area contributed by atoms with Gasteiger partial charge in [0.25, 0.3) is 11.1 Å². The normalized spacial score (nSPS) is 15.1. The third-order valence-corrected chi connectivity index (χ3v) is 6.61. The minimum Gasteiger partial charge on any atom is -0.358 e. The van der Waals surface area contributed by atoms with Crippen LogP contribution in [0.1, 0.15) is 22.4 Å². The first-order valence-corrected chi connectivity index (χ1v) is 11.4. The number of nitrogens with one attached hydrogen (secondary N) is 3. The van der Waals surface area contributed by atoms with Crippen molar-refractivity contribution in [3.8, 4) is 0 Å². The monoisotopic (exact) mass is 553 g/mol. The number of aromatic nitrogens is 3. The summed E-state index contributed by atoms with van der Waals surface area (Å²) in [5.41, 5.74) is -8.37. The first-order chi connectivity index (χ1) is 18.2. The minimum absolute atomic E-state index is 0.00734. The molecule has 14 heteroatoms. The summed E-state index contributed by atoms with van der Waals surface area (Å²) < 4.78 is 101. The fraction of sp³-hybridized carbons (Fsp3) is 0.240. The first kappa shape index (κ1) is 26.3. The Morgan fingerprint density at radius 3 is 2.31 bits per heavy atom. The Bertz CT molecular complexity index is 1730. The molecule has 2 aromatic carbocycles. The molecule has 3 N–H and O–H groups in total. The van der Waals surface area contributed by atoms with Crippen molar-refractivity contribution in [1.29, 1.82) is 0 Å². The van der Waals surface area contributed by atoms with Crippen LogP contribution in [0.2, 0.25) is 0 Å². The summed E-state index contributed by atoms with van der Waals surface area (Å²) in [4.78, 5) is 33.1. The van der Waals surface area contributed by atoms with Crippen LogP contribution in [0, 0.1) is 12.7 Å². The van der Waals surface area contributed by atoms with Gasteiger partial charge in [0.2, 0.25) is 0 Å². The zero-order valence-electron chi connectivity index (χ0n) is 19.9. The van der Waals surface area contributed by atoms with Crippen LogP contribution in [0.5, 0.6) is 0 Å². The molecule has 204 valence electrons.